The molecule has 0 aliphatic carbocycles. The van der Waals surface area contributed by atoms with E-state index in [4.69, 9.17) is 5.11 Å². The molecule has 0 bridgehead atoms. The molecule has 1 saturated heterocycles. The molecule has 3 unspecified atom stereocenters. The molecule has 1 aliphatic heterocycles. The molecule has 3 atom stereocenters. The first-order valence-corrected chi connectivity index (χ1v) is 10.4. The Morgan fingerprint density at radius 3 is 2.58 bits per heavy atom. The zero-order valence-corrected chi connectivity index (χ0v) is 17.8. The summed E-state index contributed by atoms with van der Waals surface area (Å²) < 4.78 is 0. The summed E-state index contributed by atoms with van der Waals surface area (Å²) in [6.45, 7) is 3.70. The van der Waals surface area contributed by atoms with Crippen molar-refractivity contribution in [3.05, 3.63) is 48.0 Å². The van der Waals surface area contributed by atoms with Crippen LogP contribution in [0, 0.1) is 0 Å². The highest BCUT2D eigenvalue weighted by Gasteiger charge is 2.31. The molecule has 0 saturated carbocycles. The average molecular weight is 431 g/mol. The maximum Gasteiger partial charge on any atom is 0.322 e. The number of hydrogen-bond acceptors (Lipinski definition) is 5. The molecule has 0 spiro atoms. The molecule has 0 aromatic heterocycles. The first-order valence-electron chi connectivity index (χ1n) is 10.4. The summed E-state index contributed by atoms with van der Waals surface area (Å²) in [6.07, 6.45) is 4.85. The molecule has 9 nitrogen and oxygen atoms in total. The van der Waals surface area contributed by atoms with E-state index in [1.54, 1.807) is 19.1 Å². The minimum atomic E-state index is -1.03. The molecule has 1 aromatic carbocycles. The third-order valence-corrected chi connectivity index (χ3v) is 4.95. The fourth-order valence-corrected chi connectivity index (χ4v) is 3.27. The topological polar surface area (TPSA) is 128 Å². The van der Waals surface area contributed by atoms with Gasteiger partial charge in [0.05, 0.1) is 0 Å². The van der Waals surface area contributed by atoms with Gasteiger partial charge in [0, 0.05) is 19.4 Å². The van der Waals surface area contributed by atoms with Crippen LogP contribution in [0.4, 0.5) is 0 Å². The Morgan fingerprint density at radius 2 is 1.94 bits per heavy atom. The number of allylic oxidation sites excluding steroid dienone is 1. The average Bonchev–Trinajstić information content (AvgIpc) is 2.77. The number of aliphatic carboxylic acids is 1. The number of rotatable bonds is 9. The van der Waals surface area contributed by atoms with Crippen LogP contribution in [0.15, 0.2) is 42.5 Å². The number of carbonyl (C=O) groups excluding carboxylic acids is 3. The zero-order valence-electron chi connectivity index (χ0n) is 17.8. The zero-order chi connectivity index (χ0) is 22.8. The lowest BCUT2D eigenvalue weighted by Crippen LogP contribution is -2.60. The molecule has 168 valence electrons. The summed E-state index contributed by atoms with van der Waals surface area (Å²) >= 11 is 0. The normalized spacial score (nSPS) is 18.3. The van der Waals surface area contributed by atoms with Crippen LogP contribution < -0.4 is 16.1 Å². The lowest BCUT2D eigenvalue weighted by Gasteiger charge is -2.33. The summed E-state index contributed by atoms with van der Waals surface area (Å²) in [4.78, 5) is 49.0. The molecule has 4 N–H and O–H groups in total. The van der Waals surface area contributed by atoms with Gasteiger partial charge in [0.25, 0.3) is 5.91 Å². The van der Waals surface area contributed by atoms with Crippen LogP contribution >= 0.6 is 0 Å². The molecular formula is C22H30N4O5. The van der Waals surface area contributed by atoms with Gasteiger partial charge in [-0.15, -0.1) is 0 Å². The second-order valence-electron chi connectivity index (χ2n) is 7.47. The molecule has 1 fully saturated rings. The van der Waals surface area contributed by atoms with Gasteiger partial charge in [-0.2, -0.15) is 0 Å². The van der Waals surface area contributed by atoms with Crippen LogP contribution in [0.5, 0.6) is 0 Å². The number of amides is 3. The first-order chi connectivity index (χ1) is 14.8. The van der Waals surface area contributed by atoms with Crippen molar-refractivity contribution in [1.82, 2.24) is 21.1 Å². The van der Waals surface area contributed by atoms with Crippen molar-refractivity contribution in [2.45, 2.75) is 57.7 Å². The van der Waals surface area contributed by atoms with Gasteiger partial charge in [0.15, 0.2) is 0 Å². The van der Waals surface area contributed by atoms with Crippen molar-refractivity contribution in [2.24, 2.45) is 0 Å². The van der Waals surface area contributed by atoms with Gasteiger partial charge in [-0.05, 0) is 32.3 Å². The van der Waals surface area contributed by atoms with E-state index in [0.717, 1.165) is 5.56 Å². The van der Waals surface area contributed by atoms with Crippen molar-refractivity contribution in [3.63, 3.8) is 0 Å². The fourth-order valence-electron chi connectivity index (χ4n) is 3.27. The van der Waals surface area contributed by atoms with Crippen molar-refractivity contribution < 1.29 is 24.3 Å². The Kier molecular flexibility index (Phi) is 9.20. The smallest absolute Gasteiger partial charge is 0.322 e. The Morgan fingerprint density at radius 1 is 1.23 bits per heavy atom. The maximum atomic E-state index is 12.9. The fraction of sp³-hybridized carbons (Fsp3) is 0.455. The predicted molar refractivity (Wildman–Crippen MR) is 115 cm³/mol. The summed E-state index contributed by atoms with van der Waals surface area (Å²) in [7, 11) is 0. The van der Waals surface area contributed by atoms with E-state index in [-0.39, 0.29) is 18.7 Å². The highest BCUT2D eigenvalue weighted by molar-refractivity contribution is 5.92. The van der Waals surface area contributed by atoms with Gasteiger partial charge >= 0.3 is 5.97 Å². The monoisotopic (exact) mass is 430 g/mol. The van der Waals surface area contributed by atoms with Crippen molar-refractivity contribution >= 4 is 23.7 Å². The Balaban J connectivity index is 2.03. The van der Waals surface area contributed by atoms with Gasteiger partial charge in [0.2, 0.25) is 11.8 Å². The number of carbonyl (C=O) groups is 4. The number of nitrogens with one attached hydrogen (secondary N) is 3. The molecule has 31 heavy (non-hydrogen) atoms. The molecule has 3 amide bonds. The minimum Gasteiger partial charge on any atom is -0.480 e. The largest absolute Gasteiger partial charge is 0.480 e. The van der Waals surface area contributed by atoms with Crippen LogP contribution in [0.1, 0.15) is 38.7 Å². The summed E-state index contributed by atoms with van der Waals surface area (Å²) in [5.41, 5.74) is 3.56. The lowest BCUT2D eigenvalue weighted by molar-refractivity contribution is -0.148. The molecule has 1 heterocycles. The molecular weight excluding hydrogens is 400 g/mol. The van der Waals surface area contributed by atoms with Crippen LogP contribution in [0.2, 0.25) is 0 Å². The van der Waals surface area contributed by atoms with Gasteiger partial charge in [-0.3, -0.25) is 24.2 Å². The maximum absolute atomic E-state index is 12.9. The first kappa shape index (κ1) is 24.1. The molecule has 0 radical (unpaired) electrons. The van der Waals surface area contributed by atoms with E-state index >= 15 is 0 Å². The van der Waals surface area contributed by atoms with E-state index in [9.17, 15) is 19.2 Å². The third-order valence-electron chi connectivity index (χ3n) is 4.95. The van der Waals surface area contributed by atoms with Crippen LogP contribution in [0.3, 0.4) is 0 Å². The second kappa shape index (κ2) is 11.8. The lowest BCUT2D eigenvalue weighted by atomic mass is 10.0. The number of hydrazine groups is 1. The second-order valence-corrected chi connectivity index (χ2v) is 7.47. The van der Waals surface area contributed by atoms with E-state index in [1.807, 2.05) is 30.3 Å². The highest BCUT2D eigenvalue weighted by atomic mass is 16.4. The quantitative estimate of drug-likeness (QED) is 0.429. The van der Waals surface area contributed by atoms with Crippen LogP contribution in [-0.4, -0.2) is 58.5 Å². The van der Waals surface area contributed by atoms with Gasteiger partial charge in [-0.25, -0.2) is 5.43 Å². The number of nitrogens with zero attached hydrogens (tertiary/aromatic N) is 1. The van der Waals surface area contributed by atoms with Crippen LogP contribution in [-0.2, 0) is 25.6 Å². The number of carboxylic acids is 1. The van der Waals surface area contributed by atoms with Gasteiger partial charge in [-0.1, -0.05) is 42.5 Å². The van der Waals surface area contributed by atoms with E-state index < -0.39 is 35.9 Å². The van der Waals surface area contributed by atoms with E-state index in [2.05, 4.69) is 16.1 Å². The van der Waals surface area contributed by atoms with Crippen molar-refractivity contribution in [2.75, 3.05) is 6.54 Å². The number of hydrogen-bond donors (Lipinski definition) is 4. The van der Waals surface area contributed by atoms with Crippen molar-refractivity contribution in [3.8, 4) is 0 Å². The van der Waals surface area contributed by atoms with Crippen LogP contribution in [0.25, 0.3) is 0 Å². The molecule has 1 aliphatic rings. The van der Waals surface area contributed by atoms with E-state index in [1.165, 1.54) is 11.9 Å². The Hall–Kier alpha value is -3.20. The number of carboxylic acid groups (broad SMARTS) is 1. The molecule has 2 rings (SSSR count). The molecule has 9 heteroatoms. The number of benzene rings is 1. The Labute approximate surface area is 181 Å². The van der Waals surface area contributed by atoms with Crippen molar-refractivity contribution in [1.29, 1.82) is 0 Å². The summed E-state index contributed by atoms with van der Waals surface area (Å²) in [5, 5.41) is 15.8. The van der Waals surface area contributed by atoms with E-state index in [0.29, 0.717) is 19.4 Å². The third kappa shape index (κ3) is 7.53. The summed E-state index contributed by atoms with van der Waals surface area (Å²) in [6, 6.07) is 6.69. The van der Waals surface area contributed by atoms with Gasteiger partial charge in [0.1, 0.15) is 18.1 Å². The summed E-state index contributed by atoms with van der Waals surface area (Å²) in [5.74, 6) is -2.24. The Bertz CT molecular complexity index is 811. The highest BCUT2D eigenvalue weighted by Crippen LogP contribution is 2.09. The van der Waals surface area contributed by atoms with Gasteiger partial charge < -0.3 is 15.7 Å². The molecule has 1 aromatic rings. The SMILES string of the molecule is CC=CCC(=O)NC(Cc1ccccc1)C(=O)NC(C)C(=O)N1CCCC(C(=O)O)N1. The standard InChI is InChI=1S/C22H30N4O5/c1-3-4-12-19(27)24-18(14-16-9-6-5-7-10-16)20(28)23-15(2)21(29)26-13-8-11-17(25-26)22(30)31/h3-7,9-10,15,17-18,25H,8,11-14H2,1-2H3,(H,23,28)(H,24,27)(H,30,31). The minimum absolute atomic E-state index is 0.151. The predicted octanol–water partition coefficient (Wildman–Crippen LogP) is 0.765.